The van der Waals surface area contributed by atoms with Crippen molar-refractivity contribution in [1.29, 1.82) is 0 Å². The van der Waals surface area contributed by atoms with Gasteiger partial charge in [-0.15, -0.1) is 0 Å². The predicted octanol–water partition coefficient (Wildman–Crippen LogP) is 6.08. The van der Waals surface area contributed by atoms with Crippen molar-refractivity contribution in [3.05, 3.63) is 103 Å². The molecule has 1 heteroatoms. The van der Waals surface area contributed by atoms with E-state index in [-0.39, 0.29) is 0 Å². The lowest BCUT2D eigenvalue weighted by molar-refractivity contribution is 1.33. The fourth-order valence-corrected chi connectivity index (χ4v) is 2.85. The molecule has 1 aromatic heterocycles. The summed E-state index contributed by atoms with van der Waals surface area (Å²) in [5.41, 5.74) is 7.07. The molecule has 0 N–H and O–H groups in total. The molecule has 24 heavy (non-hydrogen) atoms. The average molecular weight is 307 g/mol. The Morgan fingerprint density at radius 1 is 0.375 bits per heavy atom. The molecule has 0 saturated carbocycles. The number of rotatable bonds is 3. The van der Waals surface area contributed by atoms with Gasteiger partial charge in [-0.1, -0.05) is 84.9 Å². The summed E-state index contributed by atoms with van der Waals surface area (Å²) in [7, 11) is 0. The number of nitrogens with zero attached hydrogens (tertiary/aromatic N) is 1. The van der Waals surface area contributed by atoms with Crippen molar-refractivity contribution in [3.63, 3.8) is 0 Å². The minimum Gasteiger partial charge on any atom is -0.256 e. The molecule has 0 aliphatic carbocycles. The number of aromatic nitrogens is 1. The molecule has 0 bridgehead atoms. The van der Waals surface area contributed by atoms with Gasteiger partial charge in [-0.3, -0.25) is 4.98 Å². The monoisotopic (exact) mass is 307 g/mol. The van der Waals surface area contributed by atoms with Crippen molar-refractivity contribution in [3.8, 4) is 33.5 Å². The molecule has 0 unspecified atom stereocenters. The van der Waals surface area contributed by atoms with Gasteiger partial charge in [-0.25, -0.2) is 0 Å². The zero-order valence-corrected chi connectivity index (χ0v) is 13.3. The van der Waals surface area contributed by atoms with E-state index in [1.807, 2.05) is 30.5 Å². The molecule has 4 rings (SSSR count). The highest BCUT2D eigenvalue weighted by Crippen LogP contribution is 2.26. The number of hydrogen-bond acceptors (Lipinski definition) is 1. The molecule has 0 saturated heterocycles. The second-order valence-corrected chi connectivity index (χ2v) is 5.74. The summed E-state index contributed by atoms with van der Waals surface area (Å²) in [6.07, 6.45) is 1.82. The van der Waals surface area contributed by atoms with E-state index in [0.29, 0.717) is 0 Å². The van der Waals surface area contributed by atoms with Gasteiger partial charge in [0.15, 0.2) is 0 Å². The Hall–Kier alpha value is -3.19. The van der Waals surface area contributed by atoms with Gasteiger partial charge in [-0.2, -0.15) is 0 Å². The van der Waals surface area contributed by atoms with E-state index in [4.69, 9.17) is 0 Å². The maximum Gasteiger partial charge on any atom is 0.0701 e. The first-order valence-corrected chi connectivity index (χ1v) is 8.07. The van der Waals surface area contributed by atoms with Crippen LogP contribution < -0.4 is 0 Å². The molecule has 1 heterocycles. The normalized spacial score (nSPS) is 10.5. The number of benzene rings is 3. The van der Waals surface area contributed by atoms with Crippen molar-refractivity contribution in [2.24, 2.45) is 0 Å². The van der Waals surface area contributed by atoms with Gasteiger partial charge in [0.2, 0.25) is 0 Å². The zero-order valence-electron chi connectivity index (χ0n) is 13.3. The molecule has 114 valence electrons. The Bertz CT molecular complexity index is 828. The first-order chi connectivity index (χ1) is 11.9. The zero-order chi connectivity index (χ0) is 16.2. The summed E-state index contributed by atoms with van der Waals surface area (Å²) in [5.74, 6) is 0. The van der Waals surface area contributed by atoms with Crippen molar-refractivity contribution < 1.29 is 0 Å². The summed E-state index contributed by atoms with van der Waals surface area (Å²) in [5, 5.41) is 0. The minimum absolute atomic E-state index is 1.00. The third-order valence-corrected chi connectivity index (χ3v) is 4.17. The highest BCUT2D eigenvalue weighted by molar-refractivity contribution is 5.72. The summed E-state index contributed by atoms with van der Waals surface area (Å²) in [4.78, 5) is 4.40. The van der Waals surface area contributed by atoms with Crippen LogP contribution in [-0.2, 0) is 0 Å². The number of pyridine rings is 1. The first kappa shape index (κ1) is 14.4. The van der Waals surface area contributed by atoms with Crippen LogP contribution in [0.4, 0.5) is 0 Å². The van der Waals surface area contributed by atoms with Crippen LogP contribution in [0.25, 0.3) is 33.5 Å². The van der Waals surface area contributed by atoms with E-state index < -0.39 is 0 Å². The molecule has 0 amide bonds. The minimum atomic E-state index is 1.00. The second kappa shape index (κ2) is 6.51. The smallest absolute Gasteiger partial charge is 0.0701 e. The molecule has 3 aromatic carbocycles. The van der Waals surface area contributed by atoms with Crippen molar-refractivity contribution in [2.75, 3.05) is 0 Å². The fraction of sp³-hybridized carbons (Fsp3) is 0. The molecule has 1 nitrogen and oxygen atoms in total. The number of hydrogen-bond donors (Lipinski definition) is 0. The van der Waals surface area contributed by atoms with E-state index in [0.717, 1.165) is 11.3 Å². The Morgan fingerprint density at radius 3 is 1.33 bits per heavy atom. The highest BCUT2D eigenvalue weighted by atomic mass is 14.7. The predicted molar refractivity (Wildman–Crippen MR) is 101 cm³/mol. The van der Waals surface area contributed by atoms with Crippen molar-refractivity contribution in [1.82, 2.24) is 4.98 Å². The van der Waals surface area contributed by atoms with Gasteiger partial charge < -0.3 is 0 Å². The molecular weight excluding hydrogens is 290 g/mol. The van der Waals surface area contributed by atoms with Crippen LogP contribution in [0.2, 0.25) is 0 Å². The van der Waals surface area contributed by atoms with Gasteiger partial charge in [0.05, 0.1) is 5.69 Å². The maximum atomic E-state index is 4.40. The Balaban J connectivity index is 1.60. The van der Waals surface area contributed by atoms with E-state index in [9.17, 15) is 0 Å². The molecule has 0 aliphatic rings. The third kappa shape index (κ3) is 2.97. The molecule has 4 aromatic rings. The van der Waals surface area contributed by atoms with E-state index in [1.165, 1.54) is 22.3 Å². The quantitative estimate of drug-likeness (QED) is 0.447. The summed E-state index contributed by atoms with van der Waals surface area (Å²) >= 11 is 0. The molecule has 0 radical (unpaired) electrons. The first-order valence-electron chi connectivity index (χ1n) is 8.07. The lowest BCUT2D eigenvalue weighted by atomic mass is 9.99. The molecule has 0 atom stereocenters. The van der Waals surface area contributed by atoms with Crippen LogP contribution in [0.15, 0.2) is 103 Å². The standard InChI is InChI=1S/C23H17N/c1-2-6-18(7-3-1)19-9-11-20(12-10-19)21-13-15-22(16-14-21)23-8-4-5-17-24-23/h1-17H. The van der Waals surface area contributed by atoms with Crippen molar-refractivity contribution in [2.45, 2.75) is 0 Å². The summed E-state index contributed by atoms with van der Waals surface area (Å²) in [6, 6.07) is 33.7. The SMILES string of the molecule is c1ccc(-c2ccc(-c3ccc(-c4ccccn4)cc3)cc2)cc1. The molecule has 0 fully saturated rings. The van der Waals surface area contributed by atoms with Gasteiger partial charge in [-0.05, 0) is 34.4 Å². The van der Waals surface area contributed by atoms with Crippen LogP contribution in [-0.4, -0.2) is 4.98 Å². The molecule has 0 aliphatic heterocycles. The Kier molecular flexibility index (Phi) is 3.91. The van der Waals surface area contributed by atoms with Crippen LogP contribution in [0.5, 0.6) is 0 Å². The average Bonchev–Trinajstić information content (AvgIpc) is 2.70. The lowest BCUT2D eigenvalue weighted by Gasteiger charge is -2.06. The van der Waals surface area contributed by atoms with Crippen LogP contribution >= 0.6 is 0 Å². The summed E-state index contributed by atoms with van der Waals surface area (Å²) < 4.78 is 0. The van der Waals surface area contributed by atoms with Crippen LogP contribution in [0.3, 0.4) is 0 Å². The molecule has 0 spiro atoms. The Labute approximate surface area is 142 Å². The third-order valence-electron chi connectivity index (χ3n) is 4.17. The van der Waals surface area contributed by atoms with Crippen LogP contribution in [0.1, 0.15) is 0 Å². The maximum absolute atomic E-state index is 4.40. The van der Waals surface area contributed by atoms with E-state index >= 15 is 0 Å². The fourth-order valence-electron chi connectivity index (χ4n) is 2.85. The van der Waals surface area contributed by atoms with Gasteiger partial charge in [0, 0.05) is 11.8 Å². The van der Waals surface area contributed by atoms with Crippen molar-refractivity contribution >= 4 is 0 Å². The molecular formula is C23H17N. The van der Waals surface area contributed by atoms with E-state index in [2.05, 4.69) is 77.8 Å². The summed E-state index contributed by atoms with van der Waals surface area (Å²) in [6.45, 7) is 0. The van der Waals surface area contributed by atoms with Crippen LogP contribution in [0, 0.1) is 0 Å². The second-order valence-electron chi connectivity index (χ2n) is 5.74. The largest absolute Gasteiger partial charge is 0.256 e. The Morgan fingerprint density at radius 2 is 0.833 bits per heavy atom. The lowest BCUT2D eigenvalue weighted by Crippen LogP contribution is -1.83. The van der Waals surface area contributed by atoms with Gasteiger partial charge in [0.1, 0.15) is 0 Å². The van der Waals surface area contributed by atoms with Gasteiger partial charge in [0.25, 0.3) is 0 Å². The van der Waals surface area contributed by atoms with E-state index in [1.54, 1.807) is 0 Å². The van der Waals surface area contributed by atoms with Gasteiger partial charge >= 0.3 is 0 Å². The highest BCUT2D eigenvalue weighted by Gasteiger charge is 2.02. The topological polar surface area (TPSA) is 12.9 Å².